The van der Waals surface area contributed by atoms with Crippen LogP contribution in [0.4, 0.5) is 0 Å². The number of quaternary nitrogens is 2. The smallest absolute Gasteiger partial charge is 0.0668 e. The van der Waals surface area contributed by atoms with Crippen molar-refractivity contribution in [1.29, 1.82) is 0 Å². The maximum Gasteiger partial charge on any atom is 0.0668 e. The summed E-state index contributed by atoms with van der Waals surface area (Å²) in [5.41, 5.74) is 0.292. The van der Waals surface area contributed by atoms with Crippen molar-refractivity contribution in [2.24, 2.45) is 0 Å². The van der Waals surface area contributed by atoms with Crippen molar-refractivity contribution in [1.82, 2.24) is 17.6 Å². The Balaban J connectivity index is -0.000000427. The number of carboxylic acids is 1. The maximum atomic E-state index is 10.6. The van der Waals surface area contributed by atoms with Gasteiger partial charge >= 0.3 is 0 Å². The number of carboxylic acid groups (broad SMARTS) is 1. The molecule has 0 aromatic heterocycles. The zero-order valence-electron chi connectivity index (χ0n) is 13.8. The van der Waals surface area contributed by atoms with Crippen LogP contribution in [0.25, 0.3) is 0 Å². The van der Waals surface area contributed by atoms with Gasteiger partial charge in [-0.05, 0) is 38.7 Å². The lowest BCUT2D eigenvalue weighted by atomic mass is 9.88. The van der Waals surface area contributed by atoms with Crippen LogP contribution >= 0.6 is 0 Å². The van der Waals surface area contributed by atoms with E-state index in [1.54, 1.807) is 13.0 Å². The van der Waals surface area contributed by atoms with Crippen LogP contribution in [0.3, 0.4) is 0 Å². The summed E-state index contributed by atoms with van der Waals surface area (Å²) >= 11 is 0. The first kappa shape index (κ1) is 27.5. The van der Waals surface area contributed by atoms with Gasteiger partial charge < -0.3 is 39.9 Å². The molecule has 0 aromatic carbocycles. The molecule has 0 radical (unpaired) electrons. The molecule has 122 valence electrons. The predicted octanol–water partition coefficient (Wildman–Crippen LogP) is -0.446. The van der Waals surface area contributed by atoms with Crippen LogP contribution in [0.1, 0.15) is 47.0 Å². The maximum absolute atomic E-state index is 10.6. The summed E-state index contributed by atoms with van der Waals surface area (Å²) in [5, 5.41) is 14.1. The summed E-state index contributed by atoms with van der Waals surface area (Å²) in [6.07, 6.45) is 8.48. The number of rotatable bonds is 8. The minimum atomic E-state index is -1.08. The van der Waals surface area contributed by atoms with E-state index in [-0.39, 0.29) is 30.2 Å². The van der Waals surface area contributed by atoms with Crippen LogP contribution in [-0.2, 0) is 4.79 Å². The second kappa shape index (κ2) is 14.5. The molecule has 5 nitrogen and oxygen atoms in total. The predicted molar refractivity (Wildman–Crippen MR) is 81.5 cm³/mol. The molecule has 0 rings (SSSR count). The number of hydrogen-bond acceptors (Lipinski definition) is 3. The van der Waals surface area contributed by atoms with E-state index in [0.717, 1.165) is 25.8 Å². The van der Waals surface area contributed by atoms with Crippen molar-refractivity contribution in [3.63, 3.8) is 0 Å². The summed E-state index contributed by atoms with van der Waals surface area (Å²) < 4.78 is 0. The fourth-order valence-corrected chi connectivity index (χ4v) is 1.69. The third-order valence-electron chi connectivity index (χ3n) is 3.31. The Hall–Kier alpha value is -0.880. The Bertz CT molecular complexity index is 301. The highest BCUT2D eigenvalue weighted by molar-refractivity contribution is 5.83. The number of nitrogens with one attached hydrogen (secondary N) is 1. The van der Waals surface area contributed by atoms with Crippen LogP contribution in [0.15, 0.2) is 23.8 Å². The molecule has 0 spiro atoms. The lowest BCUT2D eigenvalue weighted by Gasteiger charge is -2.32. The average molecular weight is 310 g/mol. The molecule has 0 saturated carbocycles. The Morgan fingerprint density at radius 3 is 2.10 bits per heavy atom. The molecule has 0 unspecified atom stereocenters. The van der Waals surface area contributed by atoms with Gasteiger partial charge in [0.05, 0.1) is 5.97 Å². The van der Waals surface area contributed by atoms with Crippen LogP contribution < -0.4 is 35.1 Å². The van der Waals surface area contributed by atoms with Crippen LogP contribution in [0, 0.1) is 0 Å². The lowest BCUT2D eigenvalue weighted by Crippen LogP contribution is -3.00. The summed E-state index contributed by atoms with van der Waals surface area (Å²) in [6.45, 7) is 8.62. The fourth-order valence-electron chi connectivity index (χ4n) is 1.69. The molecule has 0 aliphatic carbocycles. The second-order valence-electron chi connectivity index (χ2n) is 4.32. The van der Waals surface area contributed by atoms with Crippen molar-refractivity contribution in [2.45, 2.75) is 52.5 Å². The van der Waals surface area contributed by atoms with Gasteiger partial charge in [0, 0.05) is 12.1 Å². The Labute approximate surface area is 129 Å². The van der Waals surface area contributed by atoms with Gasteiger partial charge in [-0.2, -0.15) is 0 Å². The molecule has 0 amide bonds. The van der Waals surface area contributed by atoms with Gasteiger partial charge in [0.1, 0.15) is 0 Å². The summed E-state index contributed by atoms with van der Waals surface area (Å²) in [5.74, 6) is -1.08. The molecule has 0 aromatic rings. The second-order valence-corrected chi connectivity index (χ2v) is 4.32. The van der Waals surface area contributed by atoms with E-state index in [1.165, 1.54) is 0 Å². The molecule has 0 bridgehead atoms. The van der Waals surface area contributed by atoms with E-state index in [1.807, 2.05) is 13.0 Å². The van der Waals surface area contributed by atoms with Gasteiger partial charge in [-0.25, -0.2) is 0 Å². The lowest BCUT2D eigenvalue weighted by molar-refractivity contribution is -0.299. The first-order valence-electron chi connectivity index (χ1n) is 6.25. The van der Waals surface area contributed by atoms with Gasteiger partial charge in [-0.15, -0.1) is 0 Å². The number of halogens is 1. The van der Waals surface area contributed by atoms with Gasteiger partial charge in [-0.3, -0.25) is 0 Å². The normalized spacial score (nSPS) is 11.3. The average Bonchev–Trinajstić information content (AvgIpc) is 2.33. The van der Waals surface area contributed by atoms with E-state index >= 15 is 0 Å². The Kier molecular flexibility index (Phi) is 19.9. The highest BCUT2D eigenvalue weighted by Crippen LogP contribution is 2.21. The zero-order valence-corrected chi connectivity index (χ0v) is 14.5. The molecule has 9 N–H and O–H groups in total. The molecule has 0 fully saturated rings. The van der Waals surface area contributed by atoms with Crippen molar-refractivity contribution in [3.05, 3.63) is 23.8 Å². The van der Waals surface area contributed by atoms with Crippen molar-refractivity contribution in [3.8, 4) is 0 Å². The van der Waals surface area contributed by atoms with Crippen molar-refractivity contribution < 1.29 is 22.3 Å². The van der Waals surface area contributed by atoms with Crippen LogP contribution in [-0.4, -0.2) is 18.1 Å². The largest absolute Gasteiger partial charge is 1.00 e. The molecule has 0 atom stereocenters. The monoisotopic (exact) mass is 309 g/mol. The Morgan fingerprint density at radius 1 is 1.25 bits per heavy atom. The first-order valence-corrected chi connectivity index (χ1v) is 6.25. The van der Waals surface area contributed by atoms with E-state index < -0.39 is 5.97 Å². The van der Waals surface area contributed by atoms with E-state index in [4.69, 9.17) is 0 Å². The summed E-state index contributed by atoms with van der Waals surface area (Å²) in [4.78, 5) is 10.6. The molecule has 0 aliphatic heterocycles. The zero-order chi connectivity index (χ0) is 13.3. The van der Waals surface area contributed by atoms with Gasteiger partial charge in [-0.1, -0.05) is 32.1 Å². The quantitative estimate of drug-likeness (QED) is 0.415. The molecule has 0 heterocycles. The number of carbonyl (C=O) groups excluding carboxylic acids is 1. The standard InChI is InChI=1S/C14H25NO2.ClH.2H3N/c1-5-8-11-15-14(6-2,7-3)10-9-12(4)13(16)17;;;/h5,8-9,15H,6-7,10-11H2,1-4H3,(H,16,17);1H;2*1H3. The number of allylic oxidation sites excluding steroid dienone is 1. The van der Waals surface area contributed by atoms with Crippen molar-refractivity contribution >= 4 is 5.97 Å². The Morgan fingerprint density at radius 2 is 1.75 bits per heavy atom. The molecule has 0 aliphatic rings. The van der Waals surface area contributed by atoms with E-state index in [0.29, 0.717) is 5.57 Å². The van der Waals surface area contributed by atoms with Crippen LogP contribution in [0.5, 0.6) is 0 Å². The molecule has 20 heavy (non-hydrogen) atoms. The van der Waals surface area contributed by atoms with E-state index in [2.05, 4.69) is 25.2 Å². The van der Waals surface area contributed by atoms with Gasteiger partial charge in [0.25, 0.3) is 0 Å². The molecule has 0 saturated heterocycles. The molecule has 6 heteroatoms. The van der Waals surface area contributed by atoms with Gasteiger partial charge in [0.15, 0.2) is 0 Å². The highest BCUT2D eigenvalue weighted by Gasteiger charge is 2.23. The molecular weight excluding hydrogens is 278 g/mol. The SMILES string of the molecule is CC=CCNC(CC)(CC)CC=C(C)C(=O)[O-].[Cl-].[NH4+].[NH4+]. The number of aliphatic carboxylic acids is 1. The number of hydrogen-bond donors (Lipinski definition) is 3. The minimum absolute atomic E-state index is 0. The number of carbonyl (C=O) groups is 1. The summed E-state index contributed by atoms with van der Waals surface area (Å²) in [7, 11) is 0. The highest BCUT2D eigenvalue weighted by atomic mass is 35.5. The summed E-state index contributed by atoms with van der Waals surface area (Å²) in [6, 6.07) is 0. The molecular formula is C14H32ClN3O2. The van der Waals surface area contributed by atoms with E-state index in [9.17, 15) is 9.90 Å². The van der Waals surface area contributed by atoms with Crippen molar-refractivity contribution in [2.75, 3.05) is 6.54 Å². The third kappa shape index (κ3) is 9.97. The first-order chi connectivity index (χ1) is 8.01. The van der Waals surface area contributed by atoms with Gasteiger partial charge in [0.2, 0.25) is 0 Å². The minimum Gasteiger partial charge on any atom is -1.00 e. The third-order valence-corrected chi connectivity index (χ3v) is 3.31. The van der Waals surface area contributed by atoms with Crippen LogP contribution in [0.2, 0.25) is 0 Å². The fraction of sp³-hybridized carbons (Fsp3) is 0.643. The topological polar surface area (TPSA) is 125 Å².